The van der Waals surface area contributed by atoms with Crippen LogP contribution in [-0.4, -0.2) is 19.2 Å². The van der Waals surface area contributed by atoms with Gasteiger partial charge in [-0.2, -0.15) is 5.26 Å². The summed E-state index contributed by atoms with van der Waals surface area (Å²) in [6, 6.07) is 9.11. The maximum absolute atomic E-state index is 9.48. The Balaban J connectivity index is 0.000000362. The monoisotopic (exact) mass is 260 g/mol. The number of nitriles is 1. The second kappa shape index (κ2) is 12.3. The minimum Gasteiger partial charge on any atom is -0.494 e. The van der Waals surface area contributed by atoms with Gasteiger partial charge in [0.2, 0.25) is 6.08 Å². The normalized spacial score (nSPS) is 8.47. The van der Waals surface area contributed by atoms with Gasteiger partial charge in [-0.15, -0.1) is 0 Å². The van der Waals surface area contributed by atoms with Crippen molar-refractivity contribution in [2.24, 2.45) is 4.99 Å². The minimum atomic E-state index is 0.650. The van der Waals surface area contributed by atoms with Gasteiger partial charge in [0.15, 0.2) is 0 Å². The number of isocyanates is 1. The van der Waals surface area contributed by atoms with E-state index in [4.69, 9.17) is 10.00 Å². The van der Waals surface area contributed by atoms with Crippen LogP contribution in [0.25, 0.3) is 0 Å². The highest BCUT2D eigenvalue weighted by atomic mass is 16.5. The number of carbonyl (C=O) groups excluding carboxylic acids is 1. The molecule has 4 nitrogen and oxygen atoms in total. The maximum atomic E-state index is 9.48. The van der Waals surface area contributed by atoms with E-state index in [9.17, 15) is 4.79 Å². The Labute approximate surface area is 114 Å². The molecule has 1 aromatic rings. The number of rotatable bonds is 6. The molecule has 19 heavy (non-hydrogen) atoms. The molecule has 0 aliphatic carbocycles. The topological polar surface area (TPSA) is 62.4 Å². The van der Waals surface area contributed by atoms with Gasteiger partial charge in [0.05, 0.1) is 24.8 Å². The summed E-state index contributed by atoms with van der Waals surface area (Å²) in [5, 5.41) is 8.47. The molecule has 0 fully saturated rings. The Morgan fingerprint density at radius 2 is 1.89 bits per heavy atom. The van der Waals surface area contributed by atoms with Crippen LogP contribution in [0, 0.1) is 11.3 Å². The highest BCUT2D eigenvalue weighted by Gasteiger charge is 1.91. The molecule has 0 unspecified atom stereocenters. The van der Waals surface area contributed by atoms with E-state index < -0.39 is 0 Å². The van der Waals surface area contributed by atoms with Crippen LogP contribution in [0.4, 0.5) is 0 Å². The van der Waals surface area contributed by atoms with Gasteiger partial charge in [-0.1, -0.05) is 19.8 Å². The Bertz CT molecular complexity index is 415. The molecule has 0 aromatic heterocycles. The van der Waals surface area contributed by atoms with Crippen molar-refractivity contribution in [1.29, 1.82) is 5.26 Å². The maximum Gasteiger partial charge on any atom is 0.234 e. The van der Waals surface area contributed by atoms with E-state index >= 15 is 0 Å². The minimum absolute atomic E-state index is 0.650. The lowest BCUT2D eigenvalue weighted by molar-refractivity contribution is 0.340. The number of hydrogen-bond donors (Lipinski definition) is 0. The lowest BCUT2D eigenvalue weighted by atomic mass is 10.2. The van der Waals surface area contributed by atoms with E-state index in [1.165, 1.54) is 12.5 Å². The third-order valence-corrected chi connectivity index (χ3v) is 2.23. The van der Waals surface area contributed by atoms with E-state index in [1.54, 1.807) is 24.3 Å². The summed E-state index contributed by atoms with van der Waals surface area (Å²) < 4.78 is 5.20. The van der Waals surface area contributed by atoms with Crippen LogP contribution in [0.2, 0.25) is 0 Å². The first-order valence-corrected chi connectivity index (χ1v) is 6.45. The number of ether oxygens (including phenoxy) is 1. The standard InChI is InChI=1S/C9H9NO.C6H11NO/c1-2-11-9-5-3-8(7-10)4-6-9;1-2-3-4-5-7-6-8/h3-6H,2H2,1H3;2-5H2,1H3. The van der Waals surface area contributed by atoms with Crippen molar-refractivity contribution in [1.82, 2.24) is 0 Å². The third kappa shape index (κ3) is 9.58. The molecule has 4 heteroatoms. The van der Waals surface area contributed by atoms with Crippen molar-refractivity contribution in [3.05, 3.63) is 29.8 Å². The zero-order valence-corrected chi connectivity index (χ0v) is 11.6. The molecular formula is C15H20N2O2. The van der Waals surface area contributed by atoms with Crippen LogP contribution < -0.4 is 4.74 Å². The van der Waals surface area contributed by atoms with Crippen molar-refractivity contribution < 1.29 is 9.53 Å². The molecule has 0 heterocycles. The van der Waals surface area contributed by atoms with Gasteiger partial charge in [0, 0.05) is 0 Å². The predicted molar refractivity (Wildman–Crippen MR) is 74.8 cm³/mol. The molecule has 102 valence electrons. The van der Waals surface area contributed by atoms with Gasteiger partial charge in [-0.3, -0.25) is 0 Å². The lowest BCUT2D eigenvalue weighted by Gasteiger charge is -2.00. The van der Waals surface area contributed by atoms with Crippen LogP contribution in [0.15, 0.2) is 29.3 Å². The van der Waals surface area contributed by atoms with Crippen LogP contribution >= 0.6 is 0 Å². The molecule has 0 saturated carbocycles. The van der Waals surface area contributed by atoms with Crippen molar-refractivity contribution in [3.63, 3.8) is 0 Å². The van der Waals surface area contributed by atoms with Crippen LogP contribution in [-0.2, 0) is 4.79 Å². The molecule has 0 aliphatic heterocycles. The highest BCUT2D eigenvalue weighted by molar-refractivity contribution is 5.34. The largest absolute Gasteiger partial charge is 0.494 e. The molecule has 0 bridgehead atoms. The first-order valence-electron chi connectivity index (χ1n) is 6.45. The molecule has 0 spiro atoms. The number of benzene rings is 1. The van der Waals surface area contributed by atoms with Gasteiger partial charge in [-0.25, -0.2) is 9.79 Å². The fourth-order valence-corrected chi connectivity index (χ4v) is 1.28. The second-order valence-corrected chi connectivity index (χ2v) is 3.75. The first kappa shape index (κ1) is 16.9. The Hall–Kier alpha value is -2.11. The summed E-state index contributed by atoms with van der Waals surface area (Å²) in [5.74, 6) is 0.812. The number of aliphatic imine (C=N–C) groups is 1. The quantitative estimate of drug-likeness (QED) is 0.447. The van der Waals surface area contributed by atoms with Crippen LogP contribution in [0.1, 0.15) is 38.7 Å². The SMILES string of the molecule is CCCCCN=C=O.CCOc1ccc(C#N)cc1. The summed E-state index contributed by atoms with van der Waals surface area (Å²) >= 11 is 0. The number of nitrogens with zero attached hydrogens (tertiary/aromatic N) is 2. The predicted octanol–water partition coefficient (Wildman–Crippen LogP) is 3.47. The first-order chi connectivity index (χ1) is 9.28. The van der Waals surface area contributed by atoms with E-state index in [2.05, 4.69) is 11.9 Å². The van der Waals surface area contributed by atoms with Crippen molar-refractivity contribution >= 4 is 6.08 Å². The molecule has 0 N–H and O–H groups in total. The van der Waals surface area contributed by atoms with Crippen molar-refractivity contribution in [2.75, 3.05) is 13.2 Å². The van der Waals surface area contributed by atoms with Gasteiger partial charge >= 0.3 is 0 Å². The third-order valence-electron chi connectivity index (χ3n) is 2.23. The summed E-state index contributed by atoms with van der Waals surface area (Å²) in [7, 11) is 0. The van der Waals surface area contributed by atoms with Gasteiger partial charge in [-0.05, 0) is 37.6 Å². The van der Waals surface area contributed by atoms with E-state index in [1.807, 2.05) is 13.0 Å². The van der Waals surface area contributed by atoms with Gasteiger partial charge in [0.25, 0.3) is 0 Å². The number of unbranched alkanes of at least 4 members (excludes halogenated alkanes) is 2. The fourth-order valence-electron chi connectivity index (χ4n) is 1.28. The summed E-state index contributed by atoms with van der Waals surface area (Å²) in [6.07, 6.45) is 4.85. The Morgan fingerprint density at radius 3 is 2.37 bits per heavy atom. The fraction of sp³-hybridized carbons (Fsp3) is 0.467. The molecule has 0 amide bonds. The zero-order valence-electron chi connectivity index (χ0n) is 11.6. The van der Waals surface area contributed by atoms with E-state index in [-0.39, 0.29) is 0 Å². The zero-order chi connectivity index (χ0) is 14.3. The molecule has 0 radical (unpaired) electrons. The molecule has 0 atom stereocenters. The molecule has 1 aromatic carbocycles. The number of hydrogen-bond acceptors (Lipinski definition) is 4. The Morgan fingerprint density at radius 1 is 1.21 bits per heavy atom. The molecule has 1 rings (SSSR count). The average molecular weight is 260 g/mol. The summed E-state index contributed by atoms with van der Waals surface area (Å²) in [5.41, 5.74) is 0.661. The molecular weight excluding hydrogens is 240 g/mol. The highest BCUT2D eigenvalue weighted by Crippen LogP contribution is 2.10. The van der Waals surface area contributed by atoms with Crippen LogP contribution in [0.3, 0.4) is 0 Å². The molecule has 0 aliphatic rings. The Kier molecular flexibility index (Phi) is 11.0. The second-order valence-electron chi connectivity index (χ2n) is 3.75. The van der Waals surface area contributed by atoms with Gasteiger partial charge in [0.1, 0.15) is 5.75 Å². The van der Waals surface area contributed by atoms with E-state index in [0.29, 0.717) is 18.7 Å². The van der Waals surface area contributed by atoms with Crippen molar-refractivity contribution in [3.8, 4) is 11.8 Å². The van der Waals surface area contributed by atoms with E-state index in [0.717, 1.165) is 18.6 Å². The smallest absolute Gasteiger partial charge is 0.234 e. The van der Waals surface area contributed by atoms with Gasteiger partial charge < -0.3 is 4.74 Å². The summed E-state index contributed by atoms with van der Waals surface area (Å²) in [4.78, 5) is 12.9. The lowest BCUT2D eigenvalue weighted by Crippen LogP contribution is -1.90. The summed E-state index contributed by atoms with van der Waals surface area (Å²) in [6.45, 7) is 5.35. The van der Waals surface area contributed by atoms with Crippen LogP contribution in [0.5, 0.6) is 5.75 Å². The molecule has 0 saturated heterocycles. The average Bonchev–Trinajstić information content (AvgIpc) is 2.46. The van der Waals surface area contributed by atoms with Crippen molar-refractivity contribution in [2.45, 2.75) is 33.1 Å².